The molecule has 0 saturated carbocycles. The molecule has 0 aromatic heterocycles. The van der Waals surface area contributed by atoms with E-state index in [1.807, 2.05) is 12.1 Å². The Balaban J connectivity index is 2.07. The fraction of sp³-hybridized carbons (Fsp3) is 0.500. The van der Waals surface area contributed by atoms with Crippen molar-refractivity contribution >= 4 is 5.69 Å². The second kappa shape index (κ2) is 7.12. The van der Waals surface area contributed by atoms with Crippen LogP contribution in [0.1, 0.15) is 26.2 Å². The molecule has 0 saturated heterocycles. The SMILES string of the molecule is CCCCCNCNc1ccc(O)cc1. The molecule has 3 nitrogen and oxygen atoms in total. The first-order chi connectivity index (χ1) is 7.33. The van der Waals surface area contributed by atoms with E-state index in [0.717, 1.165) is 18.9 Å². The Morgan fingerprint density at radius 3 is 2.53 bits per heavy atom. The number of rotatable bonds is 7. The van der Waals surface area contributed by atoms with E-state index in [1.165, 1.54) is 19.3 Å². The van der Waals surface area contributed by atoms with E-state index in [4.69, 9.17) is 5.11 Å². The van der Waals surface area contributed by atoms with Gasteiger partial charge in [-0.1, -0.05) is 19.8 Å². The molecule has 15 heavy (non-hydrogen) atoms. The zero-order valence-electron chi connectivity index (χ0n) is 9.29. The molecule has 0 atom stereocenters. The zero-order chi connectivity index (χ0) is 10.9. The third kappa shape index (κ3) is 5.27. The molecule has 1 aromatic rings. The number of hydrogen-bond acceptors (Lipinski definition) is 3. The van der Waals surface area contributed by atoms with Crippen molar-refractivity contribution in [1.82, 2.24) is 5.32 Å². The number of benzene rings is 1. The molecule has 0 heterocycles. The van der Waals surface area contributed by atoms with Gasteiger partial charge < -0.3 is 15.7 Å². The normalized spacial score (nSPS) is 10.2. The van der Waals surface area contributed by atoms with Crippen molar-refractivity contribution in [2.75, 3.05) is 18.5 Å². The van der Waals surface area contributed by atoms with Gasteiger partial charge in [0.05, 0.1) is 6.67 Å². The van der Waals surface area contributed by atoms with Gasteiger partial charge in [-0.25, -0.2) is 0 Å². The molecule has 0 unspecified atom stereocenters. The number of hydrogen-bond donors (Lipinski definition) is 3. The van der Waals surface area contributed by atoms with Gasteiger partial charge in [-0.3, -0.25) is 0 Å². The van der Waals surface area contributed by atoms with Crippen molar-refractivity contribution in [3.63, 3.8) is 0 Å². The minimum Gasteiger partial charge on any atom is -0.508 e. The minimum absolute atomic E-state index is 0.302. The van der Waals surface area contributed by atoms with Crippen LogP contribution in [-0.2, 0) is 0 Å². The molecular formula is C12H20N2O. The third-order valence-electron chi connectivity index (χ3n) is 2.24. The average molecular weight is 208 g/mol. The van der Waals surface area contributed by atoms with Crippen LogP contribution in [0.25, 0.3) is 0 Å². The highest BCUT2D eigenvalue weighted by Gasteiger charge is 1.91. The van der Waals surface area contributed by atoms with Crippen LogP contribution in [0, 0.1) is 0 Å². The molecule has 1 aromatic carbocycles. The van der Waals surface area contributed by atoms with E-state index in [2.05, 4.69) is 17.6 Å². The van der Waals surface area contributed by atoms with Crippen LogP contribution in [0.4, 0.5) is 5.69 Å². The van der Waals surface area contributed by atoms with Crippen molar-refractivity contribution < 1.29 is 5.11 Å². The summed E-state index contributed by atoms with van der Waals surface area (Å²) in [7, 11) is 0. The molecule has 84 valence electrons. The Morgan fingerprint density at radius 2 is 1.87 bits per heavy atom. The summed E-state index contributed by atoms with van der Waals surface area (Å²) in [6.45, 7) is 4.03. The molecule has 0 amide bonds. The van der Waals surface area contributed by atoms with E-state index in [1.54, 1.807) is 12.1 Å². The summed E-state index contributed by atoms with van der Waals surface area (Å²) in [5.41, 5.74) is 1.02. The number of phenols is 1. The summed E-state index contributed by atoms with van der Waals surface area (Å²) in [4.78, 5) is 0. The highest BCUT2D eigenvalue weighted by Crippen LogP contribution is 2.12. The summed E-state index contributed by atoms with van der Waals surface area (Å²) in [5.74, 6) is 0.302. The lowest BCUT2D eigenvalue weighted by molar-refractivity contribution is 0.475. The summed E-state index contributed by atoms with van der Waals surface area (Å²) in [5, 5.41) is 15.6. The maximum atomic E-state index is 9.08. The third-order valence-corrected chi connectivity index (χ3v) is 2.24. The molecule has 0 aliphatic carbocycles. The van der Waals surface area contributed by atoms with Gasteiger partial charge in [0.1, 0.15) is 5.75 Å². The van der Waals surface area contributed by atoms with Crippen LogP contribution in [0.5, 0.6) is 5.75 Å². The maximum absolute atomic E-state index is 9.08. The Bertz CT molecular complexity index is 259. The number of aromatic hydroxyl groups is 1. The van der Waals surface area contributed by atoms with Crippen molar-refractivity contribution in [2.45, 2.75) is 26.2 Å². The van der Waals surface area contributed by atoms with E-state index in [-0.39, 0.29) is 0 Å². The highest BCUT2D eigenvalue weighted by atomic mass is 16.3. The summed E-state index contributed by atoms with van der Waals surface area (Å²) in [6.07, 6.45) is 3.77. The van der Waals surface area contributed by atoms with Crippen LogP contribution >= 0.6 is 0 Å². The number of nitrogens with one attached hydrogen (secondary N) is 2. The largest absolute Gasteiger partial charge is 0.508 e. The van der Waals surface area contributed by atoms with Gasteiger partial charge in [-0.05, 0) is 37.2 Å². The predicted octanol–water partition coefficient (Wildman–Crippen LogP) is 2.54. The van der Waals surface area contributed by atoms with Crippen molar-refractivity contribution in [1.29, 1.82) is 0 Å². The maximum Gasteiger partial charge on any atom is 0.115 e. The second-order valence-corrected chi connectivity index (χ2v) is 3.61. The monoisotopic (exact) mass is 208 g/mol. The molecule has 3 N–H and O–H groups in total. The molecule has 0 aliphatic rings. The molecule has 0 fully saturated rings. The Kier molecular flexibility index (Phi) is 5.63. The standard InChI is InChI=1S/C12H20N2O/c1-2-3-4-9-13-10-14-11-5-7-12(15)8-6-11/h5-8,13-15H,2-4,9-10H2,1H3. The quantitative estimate of drug-likeness (QED) is 0.366. The summed E-state index contributed by atoms with van der Waals surface area (Å²) >= 11 is 0. The Morgan fingerprint density at radius 1 is 1.13 bits per heavy atom. The molecule has 0 aliphatic heterocycles. The molecule has 1 rings (SSSR count). The van der Waals surface area contributed by atoms with Gasteiger partial charge in [0.15, 0.2) is 0 Å². The van der Waals surface area contributed by atoms with Gasteiger partial charge in [0, 0.05) is 5.69 Å². The minimum atomic E-state index is 0.302. The van der Waals surface area contributed by atoms with Crippen LogP contribution in [-0.4, -0.2) is 18.3 Å². The average Bonchev–Trinajstić information content (AvgIpc) is 2.26. The highest BCUT2D eigenvalue weighted by molar-refractivity contribution is 5.45. The van der Waals surface area contributed by atoms with E-state index < -0.39 is 0 Å². The van der Waals surface area contributed by atoms with Gasteiger partial charge >= 0.3 is 0 Å². The molecule has 0 bridgehead atoms. The summed E-state index contributed by atoms with van der Waals surface area (Å²) < 4.78 is 0. The predicted molar refractivity (Wildman–Crippen MR) is 64.1 cm³/mol. The molecular weight excluding hydrogens is 188 g/mol. The second-order valence-electron chi connectivity index (χ2n) is 3.61. The van der Waals surface area contributed by atoms with Crippen molar-refractivity contribution in [3.05, 3.63) is 24.3 Å². The van der Waals surface area contributed by atoms with Crippen molar-refractivity contribution in [3.8, 4) is 5.75 Å². The van der Waals surface area contributed by atoms with E-state index in [9.17, 15) is 0 Å². The topological polar surface area (TPSA) is 44.3 Å². The zero-order valence-corrected chi connectivity index (χ0v) is 9.29. The Labute approximate surface area is 91.5 Å². The first-order valence-corrected chi connectivity index (χ1v) is 5.56. The van der Waals surface area contributed by atoms with E-state index in [0.29, 0.717) is 5.75 Å². The smallest absolute Gasteiger partial charge is 0.115 e. The number of phenolic OH excluding ortho intramolecular Hbond substituents is 1. The fourth-order valence-electron chi connectivity index (χ4n) is 1.33. The lowest BCUT2D eigenvalue weighted by Gasteiger charge is -2.07. The lowest BCUT2D eigenvalue weighted by atomic mass is 10.2. The van der Waals surface area contributed by atoms with Crippen LogP contribution in [0.3, 0.4) is 0 Å². The van der Waals surface area contributed by atoms with Crippen LogP contribution < -0.4 is 10.6 Å². The first kappa shape index (κ1) is 11.9. The van der Waals surface area contributed by atoms with Crippen LogP contribution in [0.15, 0.2) is 24.3 Å². The number of unbranched alkanes of at least 4 members (excludes halogenated alkanes) is 2. The van der Waals surface area contributed by atoms with Gasteiger partial charge in [0.2, 0.25) is 0 Å². The van der Waals surface area contributed by atoms with Gasteiger partial charge in [0.25, 0.3) is 0 Å². The molecule has 3 heteroatoms. The van der Waals surface area contributed by atoms with Gasteiger partial charge in [-0.2, -0.15) is 0 Å². The fourth-order valence-corrected chi connectivity index (χ4v) is 1.33. The molecule has 0 spiro atoms. The summed E-state index contributed by atoms with van der Waals surface area (Å²) in [6, 6.07) is 7.09. The Hall–Kier alpha value is -1.22. The molecule has 0 radical (unpaired) electrons. The van der Waals surface area contributed by atoms with Crippen molar-refractivity contribution in [2.24, 2.45) is 0 Å². The lowest BCUT2D eigenvalue weighted by Crippen LogP contribution is -2.22. The van der Waals surface area contributed by atoms with Gasteiger partial charge in [-0.15, -0.1) is 0 Å². The van der Waals surface area contributed by atoms with E-state index >= 15 is 0 Å². The number of anilines is 1. The van der Waals surface area contributed by atoms with Crippen LogP contribution in [0.2, 0.25) is 0 Å². The first-order valence-electron chi connectivity index (χ1n) is 5.56.